The second kappa shape index (κ2) is 14.7. The number of rotatable bonds is 14. The molecule has 40 heavy (non-hydrogen) atoms. The van der Waals surface area contributed by atoms with Crippen molar-refractivity contribution >= 4 is 39.1 Å². The highest BCUT2D eigenvalue weighted by atomic mass is 35.5. The molecule has 0 aromatic heterocycles. The maximum atomic E-state index is 14.1. The van der Waals surface area contributed by atoms with Gasteiger partial charge in [0.2, 0.25) is 11.8 Å². The molecule has 0 unspecified atom stereocenters. The molecule has 0 aliphatic heterocycles. The lowest BCUT2D eigenvalue weighted by atomic mass is 10.1. The van der Waals surface area contributed by atoms with Crippen molar-refractivity contribution in [3.8, 4) is 5.75 Å². The Balaban J connectivity index is 2.09. The second-order valence-electron chi connectivity index (χ2n) is 9.09. The van der Waals surface area contributed by atoms with Gasteiger partial charge in [-0.15, -0.1) is 0 Å². The molecule has 10 heteroatoms. The molecule has 0 spiro atoms. The van der Waals surface area contributed by atoms with Crippen LogP contribution in [0, 0.1) is 0 Å². The summed E-state index contributed by atoms with van der Waals surface area (Å²) < 4.78 is 34.8. The summed E-state index contributed by atoms with van der Waals surface area (Å²) in [5.74, 6) is -0.487. The average Bonchev–Trinajstić information content (AvgIpc) is 2.96. The fourth-order valence-corrected chi connectivity index (χ4v) is 5.80. The first-order valence-electron chi connectivity index (χ1n) is 13.3. The molecule has 0 heterocycles. The number of nitrogens with zero attached hydrogens (tertiary/aromatic N) is 2. The van der Waals surface area contributed by atoms with E-state index in [0.717, 1.165) is 16.3 Å². The van der Waals surface area contributed by atoms with Crippen molar-refractivity contribution in [2.24, 2.45) is 0 Å². The van der Waals surface area contributed by atoms with Gasteiger partial charge >= 0.3 is 0 Å². The third kappa shape index (κ3) is 7.76. The van der Waals surface area contributed by atoms with Crippen molar-refractivity contribution in [1.82, 2.24) is 10.2 Å². The predicted octanol–water partition coefficient (Wildman–Crippen LogP) is 5.27. The van der Waals surface area contributed by atoms with Crippen molar-refractivity contribution < 1.29 is 22.7 Å². The van der Waals surface area contributed by atoms with Gasteiger partial charge in [0.25, 0.3) is 10.0 Å². The van der Waals surface area contributed by atoms with E-state index in [4.69, 9.17) is 16.3 Å². The Morgan fingerprint density at radius 1 is 0.925 bits per heavy atom. The molecule has 3 aromatic rings. The molecule has 1 atom stereocenters. The number of anilines is 1. The molecule has 3 aromatic carbocycles. The Hall–Kier alpha value is -3.56. The number of hydrogen-bond acceptors (Lipinski definition) is 5. The summed E-state index contributed by atoms with van der Waals surface area (Å²) in [6.45, 7) is 5.94. The van der Waals surface area contributed by atoms with Crippen LogP contribution in [-0.4, -0.2) is 50.9 Å². The number of benzene rings is 3. The smallest absolute Gasteiger partial charge is 0.264 e. The van der Waals surface area contributed by atoms with Crippen LogP contribution in [0.3, 0.4) is 0 Å². The SMILES string of the molecule is CCCNC(=O)[C@H](CC)N(Cc1ccccc1)C(=O)CN(c1ccccc1OCC)S(=O)(=O)c1ccc(Cl)cc1. The molecule has 2 amide bonds. The minimum atomic E-state index is -4.23. The highest BCUT2D eigenvalue weighted by molar-refractivity contribution is 7.92. The average molecular weight is 586 g/mol. The Kier molecular flexibility index (Phi) is 11.4. The van der Waals surface area contributed by atoms with Crippen LogP contribution in [0.4, 0.5) is 5.69 Å². The number of para-hydroxylation sites is 2. The largest absolute Gasteiger partial charge is 0.492 e. The van der Waals surface area contributed by atoms with Crippen LogP contribution in [0.25, 0.3) is 0 Å². The van der Waals surface area contributed by atoms with E-state index in [1.54, 1.807) is 31.2 Å². The molecule has 0 fully saturated rings. The molecule has 8 nitrogen and oxygen atoms in total. The quantitative estimate of drug-likeness (QED) is 0.278. The summed E-state index contributed by atoms with van der Waals surface area (Å²) >= 11 is 6.02. The number of carbonyl (C=O) groups is 2. The highest BCUT2D eigenvalue weighted by Crippen LogP contribution is 2.33. The minimum Gasteiger partial charge on any atom is -0.492 e. The van der Waals surface area contributed by atoms with Crippen LogP contribution in [0.15, 0.2) is 83.8 Å². The van der Waals surface area contributed by atoms with Crippen LogP contribution < -0.4 is 14.4 Å². The van der Waals surface area contributed by atoms with Crippen molar-refractivity contribution in [3.63, 3.8) is 0 Å². The molecule has 1 N–H and O–H groups in total. The van der Waals surface area contributed by atoms with Gasteiger partial charge in [0.15, 0.2) is 0 Å². The van der Waals surface area contributed by atoms with Gasteiger partial charge in [0.05, 0.1) is 17.2 Å². The molecule has 0 saturated carbocycles. The first-order valence-corrected chi connectivity index (χ1v) is 15.2. The fraction of sp³-hybridized carbons (Fsp3) is 0.333. The van der Waals surface area contributed by atoms with Crippen LogP contribution in [0.1, 0.15) is 39.2 Å². The monoisotopic (exact) mass is 585 g/mol. The molecule has 0 aliphatic rings. The second-order valence-corrected chi connectivity index (χ2v) is 11.4. The van der Waals surface area contributed by atoms with E-state index in [1.807, 2.05) is 44.2 Å². The van der Waals surface area contributed by atoms with Crippen LogP contribution in [0.2, 0.25) is 5.02 Å². The standard InChI is InChI=1S/C30H36ClN3O5S/c1-4-20-32-30(36)26(5-2)33(21-23-12-8-7-9-13-23)29(35)22-34(27-14-10-11-15-28(27)39-6-3)40(37,38)25-18-16-24(31)17-19-25/h7-19,26H,4-6,20-22H2,1-3H3,(H,32,36)/t26-/m0/s1. The number of hydrogen-bond donors (Lipinski definition) is 1. The Labute approximate surface area is 241 Å². The molecular weight excluding hydrogens is 550 g/mol. The van der Waals surface area contributed by atoms with Crippen molar-refractivity contribution in [2.75, 3.05) is 24.0 Å². The summed E-state index contributed by atoms with van der Waals surface area (Å²) in [4.78, 5) is 28.7. The maximum Gasteiger partial charge on any atom is 0.264 e. The molecule has 214 valence electrons. The van der Waals surface area contributed by atoms with Crippen molar-refractivity contribution in [2.45, 2.75) is 51.1 Å². The number of sulfonamides is 1. The van der Waals surface area contributed by atoms with E-state index in [1.165, 1.54) is 29.2 Å². The zero-order chi connectivity index (χ0) is 29.1. The Morgan fingerprint density at radius 2 is 1.57 bits per heavy atom. The van der Waals surface area contributed by atoms with Crippen LogP contribution >= 0.6 is 11.6 Å². The summed E-state index contributed by atoms with van der Waals surface area (Å²) in [6.07, 6.45) is 1.10. The molecule has 0 radical (unpaired) electrons. The fourth-order valence-electron chi connectivity index (χ4n) is 4.25. The lowest BCUT2D eigenvalue weighted by Crippen LogP contribution is -2.52. The third-order valence-electron chi connectivity index (χ3n) is 6.25. The summed E-state index contributed by atoms with van der Waals surface area (Å²) in [7, 11) is -4.23. The number of halogens is 1. The van der Waals surface area contributed by atoms with E-state index < -0.39 is 28.5 Å². The van der Waals surface area contributed by atoms with Gasteiger partial charge in [-0.3, -0.25) is 13.9 Å². The zero-order valence-electron chi connectivity index (χ0n) is 23.0. The summed E-state index contributed by atoms with van der Waals surface area (Å²) in [5, 5.41) is 3.26. The number of amides is 2. The Morgan fingerprint density at radius 3 is 2.20 bits per heavy atom. The van der Waals surface area contributed by atoms with Gasteiger partial charge in [-0.05, 0) is 61.7 Å². The van der Waals surface area contributed by atoms with Crippen LogP contribution in [0.5, 0.6) is 5.75 Å². The molecular formula is C30H36ClN3O5S. The van der Waals surface area contributed by atoms with Crippen molar-refractivity contribution in [3.05, 3.63) is 89.4 Å². The van der Waals surface area contributed by atoms with E-state index >= 15 is 0 Å². The Bertz CT molecular complexity index is 1370. The number of nitrogens with one attached hydrogen (secondary N) is 1. The van der Waals surface area contributed by atoms with Crippen LogP contribution in [-0.2, 0) is 26.2 Å². The molecule has 0 saturated heterocycles. The zero-order valence-corrected chi connectivity index (χ0v) is 24.6. The number of ether oxygens (including phenoxy) is 1. The lowest BCUT2D eigenvalue weighted by molar-refractivity contribution is -0.140. The maximum absolute atomic E-state index is 14.1. The first-order chi connectivity index (χ1) is 19.2. The van der Waals surface area contributed by atoms with Gasteiger partial charge in [0, 0.05) is 18.1 Å². The molecule has 0 aliphatic carbocycles. The normalized spacial score (nSPS) is 11.9. The molecule has 0 bridgehead atoms. The van der Waals surface area contributed by atoms with E-state index in [0.29, 0.717) is 30.3 Å². The van der Waals surface area contributed by atoms with Gasteiger partial charge in [-0.25, -0.2) is 8.42 Å². The molecule has 3 rings (SSSR count). The van der Waals surface area contributed by atoms with Gasteiger partial charge in [-0.1, -0.05) is 67.9 Å². The predicted molar refractivity (Wildman–Crippen MR) is 158 cm³/mol. The summed E-state index contributed by atoms with van der Waals surface area (Å²) in [6, 6.07) is 20.9. The first kappa shape index (κ1) is 31.0. The van der Waals surface area contributed by atoms with Gasteiger partial charge < -0.3 is 15.0 Å². The highest BCUT2D eigenvalue weighted by Gasteiger charge is 2.34. The van der Waals surface area contributed by atoms with Crippen molar-refractivity contribution in [1.29, 1.82) is 0 Å². The third-order valence-corrected chi connectivity index (χ3v) is 8.27. The summed E-state index contributed by atoms with van der Waals surface area (Å²) in [5.41, 5.74) is 1.04. The van der Waals surface area contributed by atoms with E-state index in [2.05, 4.69) is 5.32 Å². The van der Waals surface area contributed by atoms with Gasteiger partial charge in [-0.2, -0.15) is 0 Å². The topological polar surface area (TPSA) is 96.0 Å². The lowest BCUT2D eigenvalue weighted by Gasteiger charge is -2.33. The number of carbonyl (C=O) groups excluding carboxylic acids is 2. The van der Waals surface area contributed by atoms with Gasteiger partial charge in [0.1, 0.15) is 18.3 Å². The van der Waals surface area contributed by atoms with E-state index in [9.17, 15) is 18.0 Å². The van der Waals surface area contributed by atoms with E-state index in [-0.39, 0.29) is 23.0 Å². The minimum absolute atomic E-state index is 0.0293.